The van der Waals surface area contributed by atoms with E-state index in [-0.39, 0.29) is 0 Å². The van der Waals surface area contributed by atoms with E-state index in [0.717, 1.165) is 22.3 Å². The summed E-state index contributed by atoms with van der Waals surface area (Å²) < 4.78 is 2.89. The maximum absolute atomic E-state index is 5.50. The standard InChI is InChI=1S/C8H14BrN5S/c1-3-5-7(9)6(14(2)13-5)4-15-8(10)12-11/h3-4,11H2,1-2H3,(H2,10,12). The molecule has 1 rings (SSSR count). The van der Waals surface area contributed by atoms with E-state index in [2.05, 4.69) is 33.1 Å². The molecule has 0 unspecified atom stereocenters. The number of amidine groups is 1. The van der Waals surface area contributed by atoms with Gasteiger partial charge in [0.25, 0.3) is 0 Å². The molecule has 4 N–H and O–H groups in total. The third kappa shape index (κ3) is 2.88. The average Bonchev–Trinajstić information content (AvgIpc) is 2.51. The van der Waals surface area contributed by atoms with Gasteiger partial charge >= 0.3 is 0 Å². The van der Waals surface area contributed by atoms with Gasteiger partial charge in [0.15, 0.2) is 5.17 Å². The number of aromatic nitrogens is 2. The van der Waals surface area contributed by atoms with Crippen molar-refractivity contribution in [3.05, 3.63) is 15.9 Å². The first-order chi connectivity index (χ1) is 7.10. The summed E-state index contributed by atoms with van der Waals surface area (Å²) >= 11 is 4.92. The number of rotatable bonds is 3. The number of aryl methyl sites for hydroxylation is 2. The van der Waals surface area contributed by atoms with E-state index < -0.39 is 0 Å². The Labute approximate surface area is 101 Å². The fourth-order valence-electron chi connectivity index (χ4n) is 1.16. The van der Waals surface area contributed by atoms with Gasteiger partial charge in [-0.15, -0.1) is 0 Å². The maximum Gasteiger partial charge on any atom is 0.177 e. The monoisotopic (exact) mass is 291 g/mol. The highest BCUT2D eigenvalue weighted by molar-refractivity contribution is 9.10. The first-order valence-electron chi connectivity index (χ1n) is 4.46. The van der Waals surface area contributed by atoms with Crippen molar-refractivity contribution >= 4 is 32.9 Å². The summed E-state index contributed by atoms with van der Waals surface area (Å²) in [5, 5.41) is 8.16. The second-order valence-electron chi connectivity index (χ2n) is 2.94. The lowest BCUT2D eigenvalue weighted by Crippen LogP contribution is -2.10. The lowest BCUT2D eigenvalue weighted by molar-refractivity contribution is 0.720. The highest BCUT2D eigenvalue weighted by atomic mass is 79.9. The van der Waals surface area contributed by atoms with Crippen LogP contribution in [-0.4, -0.2) is 14.9 Å². The van der Waals surface area contributed by atoms with Gasteiger partial charge in [0.2, 0.25) is 0 Å². The zero-order valence-electron chi connectivity index (χ0n) is 8.70. The molecule has 0 aliphatic carbocycles. The van der Waals surface area contributed by atoms with Crippen LogP contribution in [0.15, 0.2) is 9.57 Å². The molecule has 5 nitrogen and oxygen atoms in total. The van der Waals surface area contributed by atoms with Crippen LogP contribution in [0.1, 0.15) is 18.3 Å². The molecule has 0 fully saturated rings. The Kier molecular flexibility index (Phi) is 4.46. The fourth-order valence-corrected chi connectivity index (χ4v) is 2.79. The highest BCUT2D eigenvalue weighted by Gasteiger charge is 2.12. The molecule has 1 aromatic rings. The Morgan fingerprint density at radius 1 is 1.67 bits per heavy atom. The van der Waals surface area contributed by atoms with Crippen molar-refractivity contribution < 1.29 is 0 Å². The summed E-state index contributed by atoms with van der Waals surface area (Å²) in [4.78, 5) is 0. The Morgan fingerprint density at radius 2 is 2.33 bits per heavy atom. The lowest BCUT2D eigenvalue weighted by atomic mass is 10.3. The van der Waals surface area contributed by atoms with Gasteiger partial charge in [-0.1, -0.05) is 18.7 Å². The van der Waals surface area contributed by atoms with Crippen LogP contribution in [-0.2, 0) is 19.2 Å². The Balaban J connectivity index is 2.81. The van der Waals surface area contributed by atoms with E-state index >= 15 is 0 Å². The summed E-state index contributed by atoms with van der Waals surface area (Å²) in [5.74, 6) is 5.76. The number of nitrogens with zero attached hydrogens (tertiary/aromatic N) is 3. The molecular formula is C8H14BrN5S. The summed E-state index contributed by atoms with van der Waals surface area (Å²) in [6, 6.07) is 0. The summed E-state index contributed by atoms with van der Waals surface area (Å²) in [6.45, 7) is 2.07. The normalized spacial score (nSPS) is 12.1. The molecule has 1 heterocycles. The summed E-state index contributed by atoms with van der Waals surface area (Å²) in [7, 11) is 1.91. The van der Waals surface area contributed by atoms with Crippen LogP contribution in [0.5, 0.6) is 0 Å². The molecule has 0 amide bonds. The molecule has 0 aromatic carbocycles. The Bertz CT molecular complexity index is 373. The molecule has 1 aromatic heterocycles. The van der Waals surface area contributed by atoms with E-state index in [9.17, 15) is 0 Å². The largest absolute Gasteiger partial charge is 0.377 e. The van der Waals surface area contributed by atoms with E-state index in [4.69, 9.17) is 11.6 Å². The van der Waals surface area contributed by atoms with E-state index in [1.165, 1.54) is 11.8 Å². The van der Waals surface area contributed by atoms with Gasteiger partial charge in [-0.3, -0.25) is 4.68 Å². The fraction of sp³-hybridized carbons (Fsp3) is 0.500. The third-order valence-corrected chi connectivity index (χ3v) is 3.72. The molecule has 0 bridgehead atoms. The predicted molar refractivity (Wildman–Crippen MR) is 67.4 cm³/mol. The van der Waals surface area contributed by atoms with E-state index in [1.54, 1.807) is 0 Å². The van der Waals surface area contributed by atoms with Crippen molar-refractivity contribution in [2.45, 2.75) is 19.1 Å². The van der Waals surface area contributed by atoms with Crippen LogP contribution >= 0.6 is 27.7 Å². The molecular weight excluding hydrogens is 278 g/mol. The van der Waals surface area contributed by atoms with Crippen LogP contribution in [0.25, 0.3) is 0 Å². The predicted octanol–water partition coefficient (Wildman–Crippen LogP) is 1.17. The average molecular weight is 292 g/mol. The van der Waals surface area contributed by atoms with Crippen molar-refractivity contribution in [3.8, 4) is 0 Å². The smallest absolute Gasteiger partial charge is 0.177 e. The minimum Gasteiger partial charge on any atom is -0.377 e. The minimum absolute atomic E-state index is 0.376. The molecule has 0 aliphatic heterocycles. The van der Waals surface area contributed by atoms with Crippen molar-refractivity contribution in [2.75, 3.05) is 0 Å². The van der Waals surface area contributed by atoms with Gasteiger partial charge in [-0.25, -0.2) is 0 Å². The van der Waals surface area contributed by atoms with Crippen LogP contribution < -0.4 is 11.6 Å². The minimum atomic E-state index is 0.376. The van der Waals surface area contributed by atoms with Gasteiger partial charge in [0.1, 0.15) is 0 Å². The topological polar surface area (TPSA) is 82.2 Å². The maximum atomic E-state index is 5.50. The van der Waals surface area contributed by atoms with Crippen LogP contribution in [0.4, 0.5) is 0 Å². The number of hydrazone groups is 1. The first-order valence-corrected chi connectivity index (χ1v) is 6.24. The molecule has 0 radical (unpaired) electrons. The zero-order chi connectivity index (χ0) is 11.4. The summed E-state index contributed by atoms with van der Waals surface area (Å²) in [5.41, 5.74) is 7.64. The molecule has 15 heavy (non-hydrogen) atoms. The molecule has 84 valence electrons. The molecule has 0 saturated carbocycles. The number of nitrogens with two attached hydrogens (primary N) is 2. The highest BCUT2D eigenvalue weighted by Crippen LogP contribution is 2.25. The second-order valence-corrected chi connectivity index (χ2v) is 4.73. The Morgan fingerprint density at radius 3 is 2.80 bits per heavy atom. The van der Waals surface area contributed by atoms with Gasteiger partial charge in [-0.05, 0) is 22.4 Å². The molecule has 7 heteroatoms. The number of halogens is 1. The van der Waals surface area contributed by atoms with Gasteiger partial charge in [0.05, 0.1) is 15.9 Å². The van der Waals surface area contributed by atoms with E-state index in [0.29, 0.717) is 10.9 Å². The van der Waals surface area contributed by atoms with E-state index in [1.807, 2.05) is 11.7 Å². The summed E-state index contributed by atoms with van der Waals surface area (Å²) in [6.07, 6.45) is 0.902. The number of thioether (sulfide) groups is 1. The molecule has 0 atom stereocenters. The van der Waals surface area contributed by atoms with Crippen molar-refractivity contribution in [1.82, 2.24) is 9.78 Å². The second kappa shape index (κ2) is 5.41. The number of hydrogen-bond acceptors (Lipinski definition) is 4. The van der Waals surface area contributed by atoms with Gasteiger partial charge < -0.3 is 11.6 Å². The van der Waals surface area contributed by atoms with Crippen LogP contribution in [0, 0.1) is 0 Å². The Hall–Kier alpha value is -0.690. The lowest BCUT2D eigenvalue weighted by Gasteiger charge is -2.01. The van der Waals surface area contributed by atoms with Gasteiger partial charge in [0, 0.05) is 12.8 Å². The zero-order valence-corrected chi connectivity index (χ0v) is 11.1. The SMILES string of the molecule is CCc1nn(C)c(CSC(N)=NN)c1Br. The molecule has 0 saturated heterocycles. The quantitative estimate of drug-likeness (QED) is 0.379. The first kappa shape index (κ1) is 12.4. The van der Waals surface area contributed by atoms with Crippen molar-refractivity contribution in [2.24, 2.45) is 23.7 Å². The third-order valence-electron chi connectivity index (χ3n) is 1.99. The molecule has 0 spiro atoms. The van der Waals surface area contributed by atoms with Crippen LogP contribution in [0.2, 0.25) is 0 Å². The van der Waals surface area contributed by atoms with Gasteiger partial charge in [-0.2, -0.15) is 10.2 Å². The van der Waals surface area contributed by atoms with Crippen molar-refractivity contribution in [3.63, 3.8) is 0 Å². The van der Waals surface area contributed by atoms with Crippen molar-refractivity contribution in [1.29, 1.82) is 0 Å². The van der Waals surface area contributed by atoms with Crippen LogP contribution in [0.3, 0.4) is 0 Å². The molecule has 0 aliphatic rings. The number of hydrogen-bond donors (Lipinski definition) is 2.